The number of hydrogen-bond acceptors (Lipinski definition) is 3. The van der Waals surface area contributed by atoms with Gasteiger partial charge in [0.05, 0.1) is 5.56 Å². The first kappa shape index (κ1) is 15.9. The molecule has 2 heterocycles. The first-order chi connectivity index (χ1) is 10.2. The normalized spacial score (nSPS) is 16.5. The Morgan fingerprint density at radius 3 is 2.62 bits per heavy atom. The van der Waals surface area contributed by atoms with E-state index in [4.69, 9.17) is 0 Å². The maximum Gasteiger partial charge on any atom is 0.258 e. The van der Waals surface area contributed by atoms with Gasteiger partial charge in [0.15, 0.2) is 0 Å². The number of halogens is 1. The number of likely N-dealkylation sites (tertiary alicyclic amines) is 1. The Morgan fingerprint density at radius 2 is 2.05 bits per heavy atom. The third kappa shape index (κ3) is 4.00. The molecule has 1 aromatic heterocycles. The summed E-state index contributed by atoms with van der Waals surface area (Å²) >= 11 is 0. The van der Waals surface area contributed by atoms with Crippen LogP contribution in [0.4, 0.5) is 4.39 Å². The zero-order valence-corrected chi connectivity index (χ0v) is 12.9. The van der Waals surface area contributed by atoms with Crippen LogP contribution in [0.5, 0.6) is 0 Å². The summed E-state index contributed by atoms with van der Waals surface area (Å²) in [5, 5.41) is 0. The van der Waals surface area contributed by atoms with E-state index in [1.54, 1.807) is 11.0 Å². The number of piperidine rings is 1. The number of nitrogens with zero attached hydrogens (tertiary/aromatic N) is 3. The molecular weight excluding hydrogens is 269 g/mol. The lowest BCUT2D eigenvalue weighted by Crippen LogP contribution is -2.41. The van der Waals surface area contributed by atoms with E-state index in [2.05, 4.69) is 23.7 Å². The van der Waals surface area contributed by atoms with Crippen molar-refractivity contribution in [3.63, 3.8) is 0 Å². The second-order valence-corrected chi connectivity index (χ2v) is 5.56. The molecule has 0 radical (unpaired) electrons. The second-order valence-electron chi connectivity index (χ2n) is 5.56. The lowest BCUT2D eigenvalue weighted by molar-refractivity contribution is 0.0664. The van der Waals surface area contributed by atoms with Crippen LogP contribution in [0.1, 0.15) is 37.0 Å². The van der Waals surface area contributed by atoms with Crippen molar-refractivity contribution in [1.29, 1.82) is 0 Å². The maximum absolute atomic E-state index is 13.6. The average Bonchev–Trinajstić information content (AvgIpc) is 2.53. The topological polar surface area (TPSA) is 36.4 Å². The Hall–Kier alpha value is -1.49. The van der Waals surface area contributed by atoms with E-state index < -0.39 is 5.95 Å². The van der Waals surface area contributed by atoms with Gasteiger partial charge in [-0.15, -0.1) is 0 Å². The SMILES string of the molecule is CCN(CC)CC1CCN(C(=O)c2cccnc2F)CC1. The molecule has 0 saturated carbocycles. The van der Waals surface area contributed by atoms with Gasteiger partial charge in [0.1, 0.15) is 0 Å². The Morgan fingerprint density at radius 1 is 1.38 bits per heavy atom. The van der Waals surface area contributed by atoms with Gasteiger partial charge in [0.2, 0.25) is 5.95 Å². The number of carbonyl (C=O) groups excluding carboxylic acids is 1. The standard InChI is InChI=1S/C16H24FN3O/c1-3-19(4-2)12-13-7-10-20(11-8-13)16(21)14-6-5-9-18-15(14)17/h5-6,9,13H,3-4,7-8,10-12H2,1-2H3. The number of amides is 1. The van der Waals surface area contributed by atoms with Crippen LogP contribution < -0.4 is 0 Å². The minimum atomic E-state index is -0.673. The summed E-state index contributed by atoms with van der Waals surface area (Å²) in [5.41, 5.74) is 0.0830. The maximum atomic E-state index is 13.6. The highest BCUT2D eigenvalue weighted by atomic mass is 19.1. The Kier molecular flexibility index (Phi) is 5.67. The van der Waals surface area contributed by atoms with Gasteiger partial charge >= 0.3 is 0 Å². The quantitative estimate of drug-likeness (QED) is 0.782. The third-order valence-corrected chi connectivity index (χ3v) is 4.30. The van der Waals surface area contributed by atoms with Gasteiger partial charge in [-0.2, -0.15) is 4.39 Å². The summed E-state index contributed by atoms with van der Waals surface area (Å²) in [4.78, 5) is 20.0. The predicted octanol–water partition coefficient (Wildman–Crippen LogP) is 2.41. The molecule has 0 unspecified atom stereocenters. The van der Waals surface area contributed by atoms with Crippen LogP contribution in [-0.4, -0.2) is 53.4 Å². The Balaban J connectivity index is 1.89. The fourth-order valence-corrected chi connectivity index (χ4v) is 2.88. The summed E-state index contributed by atoms with van der Waals surface area (Å²) < 4.78 is 13.6. The van der Waals surface area contributed by atoms with Crippen molar-refractivity contribution in [2.24, 2.45) is 5.92 Å². The van der Waals surface area contributed by atoms with Crippen molar-refractivity contribution in [1.82, 2.24) is 14.8 Å². The predicted molar refractivity (Wildman–Crippen MR) is 80.6 cm³/mol. The van der Waals surface area contributed by atoms with Gasteiger partial charge in [0.25, 0.3) is 5.91 Å². The van der Waals surface area contributed by atoms with Crippen molar-refractivity contribution in [2.75, 3.05) is 32.7 Å². The molecule has 0 aliphatic carbocycles. The molecule has 2 rings (SSSR count). The van der Waals surface area contributed by atoms with Crippen LogP contribution in [0.2, 0.25) is 0 Å². The highest BCUT2D eigenvalue weighted by Gasteiger charge is 2.26. The molecule has 1 saturated heterocycles. The molecule has 1 aromatic rings. The number of carbonyl (C=O) groups is 1. The smallest absolute Gasteiger partial charge is 0.258 e. The summed E-state index contributed by atoms with van der Waals surface area (Å²) in [6.07, 6.45) is 3.34. The largest absolute Gasteiger partial charge is 0.338 e. The van der Waals surface area contributed by atoms with E-state index in [0.29, 0.717) is 19.0 Å². The van der Waals surface area contributed by atoms with Gasteiger partial charge in [-0.05, 0) is 44.0 Å². The van der Waals surface area contributed by atoms with E-state index in [0.717, 1.165) is 32.5 Å². The van der Waals surface area contributed by atoms with Crippen LogP contribution in [0.25, 0.3) is 0 Å². The van der Waals surface area contributed by atoms with E-state index in [9.17, 15) is 9.18 Å². The molecule has 1 aliphatic rings. The minimum absolute atomic E-state index is 0.0830. The van der Waals surface area contributed by atoms with E-state index >= 15 is 0 Å². The van der Waals surface area contributed by atoms with Crippen LogP contribution in [0.15, 0.2) is 18.3 Å². The minimum Gasteiger partial charge on any atom is -0.338 e. The molecule has 0 bridgehead atoms. The van der Waals surface area contributed by atoms with Gasteiger partial charge in [0, 0.05) is 25.8 Å². The summed E-state index contributed by atoms with van der Waals surface area (Å²) in [6, 6.07) is 3.11. The first-order valence-corrected chi connectivity index (χ1v) is 7.77. The molecule has 0 spiro atoms. The van der Waals surface area contributed by atoms with E-state index in [1.165, 1.54) is 12.3 Å². The zero-order valence-electron chi connectivity index (χ0n) is 12.9. The molecule has 4 nitrogen and oxygen atoms in total. The molecule has 1 amide bonds. The van der Waals surface area contributed by atoms with E-state index in [1.807, 2.05) is 0 Å². The third-order valence-electron chi connectivity index (χ3n) is 4.30. The molecule has 0 N–H and O–H groups in total. The molecule has 5 heteroatoms. The Labute approximate surface area is 126 Å². The van der Waals surface area contributed by atoms with Gasteiger partial charge < -0.3 is 9.80 Å². The van der Waals surface area contributed by atoms with Crippen molar-refractivity contribution < 1.29 is 9.18 Å². The highest BCUT2D eigenvalue weighted by molar-refractivity contribution is 5.94. The van der Waals surface area contributed by atoms with Crippen LogP contribution in [0, 0.1) is 11.9 Å². The fraction of sp³-hybridized carbons (Fsp3) is 0.625. The molecule has 0 atom stereocenters. The van der Waals surface area contributed by atoms with E-state index in [-0.39, 0.29) is 11.5 Å². The summed E-state index contributed by atoms with van der Waals surface area (Å²) in [7, 11) is 0. The lowest BCUT2D eigenvalue weighted by atomic mass is 9.95. The number of hydrogen-bond donors (Lipinski definition) is 0. The van der Waals surface area contributed by atoms with Gasteiger partial charge in [-0.3, -0.25) is 4.79 Å². The fourth-order valence-electron chi connectivity index (χ4n) is 2.88. The molecule has 1 fully saturated rings. The van der Waals surface area contributed by atoms with Crippen molar-refractivity contribution in [2.45, 2.75) is 26.7 Å². The molecule has 116 valence electrons. The van der Waals surface area contributed by atoms with Crippen molar-refractivity contribution in [3.8, 4) is 0 Å². The molecular formula is C16H24FN3O. The van der Waals surface area contributed by atoms with Crippen LogP contribution in [-0.2, 0) is 0 Å². The molecule has 21 heavy (non-hydrogen) atoms. The number of pyridine rings is 1. The summed E-state index contributed by atoms with van der Waals surface area (Å²) in [6.45, 7) is 8.99. The monoisotopic (exact) mass is 293 g/mol. The Bertz CT molecular complexity index is 468. The molecule has 1 aliphatic heterocycles. The number of aromatic nitrogens is 1. The average molecular weight is 293 g/mol. The first-order valence-electron chi connectivity index (χ1n) is 7.77. The van der Waals surface area contributed by atoms with Crippen molar-refractivity contribution >= 4 is 5.91 Å². The lowest BCUT2D eigenvalue weighted by Gasteiger charge is -2.34. The van der Waals surface area contributed by atoms with Gasteiger partial charge in [-0.25, -0.2) is 4.98 Å². The highest BCUT2D eigenvalue weighted by Crippen LogP contribution is 2.20. The summed E-state index contributed by atoms with van der Waals surface area (Å²) in [5.74, 6) is -0.276. The zero-order chi connectivity index (χ0) is 15.2. The number of rotatable bonds is 5. The van der Waals surface area contributed by atoms with Crippen LogP contribution >= 0.6 is 0 Å². The van der Waals surface area contributed by atoms with Crippen molar-refractivity contribution in [3.05, 3.63) is 29.8 Å². The van der Waals surface area contributed by atoms with Crippen LogP contribution in [0.3, 0.4) is 0 Å². The second kappa shape index (κ2) is 7.50. The van der Waals surface area contributed by atoms with Gasteiger partial charge in [-0.1, -0.05) is 13.8 Å². The molecule has 0 aromatic carbocycles.